The molecule has 0 aromatic rings. The van der Waals surface area contributed by atoms with Crippen LogP contribution in [0.2, 0.25) is 0 Å². The van der Waals surface area contributed by atoms with Gasteiger partial charge < -0.3 is 0 Å². The molecule has 0 aromatic heterocycles. The Kier molecular flexibility index (Phi) is 0.211. The van der Waals surface area contributed by atoms with E-state index in [2.05, 4.69) is 0 Å². The molecule has 4 aliphatic heterocycles. The van der Waals surface area contributed by atoms with Crippen molar-refractivity contribution in [1.29, 1.82) is 0 Å². The SMILES string of the molecule is P12P3P4P1[P+]234. The molecule has 24 valence electrons. The molecule has 0 bridgehead atoms. The van der Waals surface area contributed by atoms with E-state index in [1.54, 1.807) is 0 Å². The highest BCUT2D eigenvalue weighted by Gasteiger charge is 3.43. The van der Waals surface area contributed by atoms with E-state index in [0.29, 0.717) is 6.02 Å². The first-order valence-corrected chi connectivity index (χ1v) is 14.4. The summed E-state index contributed by atoms with van der Waals surface area (Å²) in [7, 11) is 0. The van der Waals surface area contributed by atoms with Crippen molar-refractivity contribution in [2.75, 3.05) is 0 Å². The van der Waals surface area contributed by atoms with Gasteiger partial charge in [0.25, 0.3) is 0 Å². The predicted octanol–water partition coefficient (Wildman–Crippen LogP) is 4.31. The maximum absolute atomic E-state index is 1.14. The lowest BCUT2D eigenvalue weighted by molar-refractivity contribution is 4.92. The van der Waals surface area contributed by atoms with Crippen LogP contribution in [0.5, 0.6) is 0 Å². The summed E-state index contributed by atoms with van der Waals surface area (Å²) in [4.78, 5) is 0. The molecule has 5 heavy (non-hydrogen) atoms. The Morgan fingerprint density at radius 2 is 1.00 bits per heavy atom. The third-order valence-electron chi connectivity index (χ3n) is 1.48. The smallest absolute Gasteiger partial charge is 0.154 e. The fourth-order valence-corrected chi connectivity index (χ4v) is 190. The van der Waals surface area contributed by atoms with Crippen LogP contribution in [0.3, 0.4) is 0 Å². The lowest BCUT2D eigenvalue weighted by atomic mass is 29.0. The third-order valence-corrected chi connectivity index (χ3v) is 100. The predicted molar refractivity (Wildman–Crippen MR) is 34.6 cm³/mol. The molecule has 4 fully saturated rings. The average Bonchev–Trinajstić information content (AvgIpc) is 1.26. The van der Waals surface area contributed by atoms with Crippen molar-refractivity contribution in [3.63, 3.8) is 0 Å². The Morgan fingerprint density at radius 3 is 1.00 bits per heavy atom. The maximum atomic E-state index is 1.14. The van der Waals surface area contributed by atoms with Crippen LogP contribution in [0.1, 0.15) is 0 Å². The molecule has 4 saturated heterocycles. The fourth-order valence-electron chi connectivity index (χ4n) is 0.916. The second kappa shape index (κ2) is 0.402. The van der Waals surface area contributed by atoms with Crippen LogP contribution in [0.15, 0.2) is 0 Å². The summed E-state index contributed by atoms with van der Waals surface area (Å²) < 4.78 is 0. The van der Waals surface area contributed by atoms with E-state index in [1.165, 1.54) is 0 Å². The first-order chi connectivity index (χ1) is 2.49. The molecule has 0 saturated carbocycles. The standard InChI is InChI=1S/P5/c1-2-4-3(1)5(1,2)4/q+1. The molecular formula is P5+. The van der Waals surface area contributed by atoms with Crippen molar-refractivity contribution in [1.82, 2.24) is 0 Å². The third kappa shape index (κ3) is 0.0908. The van der Waals surface area contributed by atoms with Gasteiger partial charge in [-0.25, -0.2) is 0 Å². The van der Waals surface area contributed by atoms with Crippen LogP contribution in [-0.4, -0.2) is 0 Å². The van der Waals surface area contributed by atoms with Gasteiger partial charge in [0.2, 0.25) is 27.9 Å². The average molecular weight is 155 g/mol. The van der Waals surface area contributed by atoms with E-state index in [-0.39, 0.29) is 0 Å². The van der Waals surface area contributed by atoms with Gasteiger partial charge in [-0.1, -0.05) is 0 Å². The van der Waals surface area contributed by atoms with Crippen molar-refractivity contribution >= 4 is 34.0 Å². The van der Waals surface area contributed by atoms with Crippen molar-refractivity contribution in [3.8, 4) is 0 Å². The summed E-state index contributed by atoms with van der Waals surface area (Å²) in [6.07, 6.45) is 0. The number of hydrogen-bond acceptors (Lipinski definition) is 0. The van der Waals surface area contributed by atoms with Crippen molar-refractivity contribution in [3.05, 3.63) is 0 Å². The summed E-state index contributed by atoms with van der Waals surface area (Å²) in [5, 5.41) is 0. The summed E-state index contributed by atoms with van der Waals surface area (Å²) in [6.45, 7) is 4.56. The second-order valence-corrected chi connectivity index (χ2v) is 43.5. The van der Waals surface area contributed by atoms with E-state index >= 15 is 0 Å². The zero-order valence-corrected chi connectivity index (χ0v) is 6.71. The second-order valence-electron chi connectivity index (χ2n) is 1.61. The molecule has 0 amide bonds. The van der Waals surface area contributed by atoms with Gasteiger partial charge in [0.05, 0.1) is 0 Å². The molecular weight excluding hydrogens is 155 g/mol. The lowest BCUT2D eigenvalue weighted by Crippen LogP contribution is -1.14. The molecule has 4 heterocycles. The van der Waals surface area contributed by atoms with Crippen LogP contribution in [0.4, 0.5) is 0 Å². The Labute approximate surface area is 34.6 Å². The zero-order chi connectivity index (χ0) is 2.81. The minimum atomic E-state index is 0.537. The molecule has 0 N–H and O–H groups in total. The first kappa shape index (κ1) is 2.62. The highest BCUT2D eigenvalue weighted by Crippen LogP contribution is 4.10. The molecule has 0 atom stereocenters. The summed E-state index contributed by atoms with van der Waals surface area (Å²) in [5.41, 5.74) is 0. The van der Waals surface area contributed by atoms with Gasteiger partial charge in [-0.05, 0) is 0 Å². The Balaban J connectivity index is 2.71. The van der Waals surface area contributed by atoms with E-state index in [4.69, 9.17) is 0 Å². The van der Waals surface area contributed by atoms with Crippen LogP contribution in [0, 0.1) is 0 Å². The fraction of sp³-hybridized carbons (Fsp3) is 0. The van der Waals surface area contributed by atoms with Crippen LogP contribution >= 0.6 is 34.0 Å². The topological polar surface area (TPSA) is 0 Å². The van der Waals surface area contributed by atoms with Crippen molar-refractivity contribution < 1.29 is 0 Å². The minimum Gasteiger partial charge on any atom is 0.154 e. The van der Waals surface area contributed by atoms with Crippen molar-refractivity contribution in [2.24, 2.45) is 0 Å². The molecule has 4 aliphatic rings. The minimum absolute atomic E-state index is 0.537. The van der Waals surface area contributed by atoms with E-state index in [9.17, 15) is 0 Å². The number of rotatable bonds is 0. The van der Waals surface area contributed by atoms with Gasteiger partial charge in [-0.2, -0.15) is 0 Å². The Morgan fingerprint density at radius 1 is 0.800 bits per heavy atom. The molecule has 0 nitrogen and oxygen atoms in total. The van der Waals surface area contributed by atoms with Gasteiger partial charge >= 0.3 is 0 Å². The number of fused-ring (bicyclic) bond motifs is 4. The van der Waals surface area contributed by atoms with Crippen LogP contribution < -0.4 is 0 Å². The van der Waals surface area contributed by atoms with Gasteiger partial charge in [0.1, 0.15) is 0 Å². The highest BCUT2D eigenvalue weighted by molar-refractivity contribution is 10.2. The molecule has 0 unspecified atom stereocenters. The maximum Gasteiger partial charge on any atom is 0.212 e. The van der Waals surface area contributed by atoms with E-state index in [1.807, 2.05) is 0 Å². The number of hydrogen-bond donors (Lipinski definition) is 0. The normalized spacial score (nSPS) is 125. The molecule has 1 spiro atoms. The quantitative estimate of drug-likeness (QED) is 0.457. The molecule has 0 aromatic carbocycles. The molecule has 5 heteroatoms. The van der Waals surface area contributed by atoms with Crippen LogP contribution in [-0.2, 0) is 0 Å². The van der Waals surface area contributed by atoms with Crippen LogP contribution in [0.25, 0.3) is 0 Å². The summed E-state index contributed by atoms with van der Waals surface area (Å²) in [6, 6.07) is 0.537. The summed E-state index contributed by atoms with van der Waals surface area (Å²) >= 11 is 0. The summed E-state index contributed by atoms with van der Waals surface area (Å²) in [5.74, 6) is 0. The van der Waals surface area contributed by atoms with Crippen molar-refractivity contribution in [2.45, 2.75) is 0 Å². The lowest BCUT2D eigenvalue weighted by Gasteiger charge is -1.79. The van der Waals surface area contributed by atoms with E-state index in [0.717, 1.165) is 27.9 Å². The monoisotopic (exact) mass is 155 g/mol. The molecule has 0 aliphatic carbocycles. The Bertz CT molecular complexity index is 103. The van der Waals surface area contributed by atoms with Gasteiger partial charge in [0.15, 0.2) is 6.02 Å². The van der Waals surface area contributed by atoms with Gasteiger partial charge in [-0.3, -0.25) is 0 Å². The molecule has 0 radical (unpaired) electrons. The van der Waals surface area contributed by atoms with Gasteiger partial charge in [-0.15, -0.1) is 0 Å². The first-order valence-electron chi connectivity index (χ1n) is 1.60. The van der Waals surface area contributed by atoms with E-state index < -0.39 is 0 Å². The zero-order valence-electron chi connectivity index (χ0n) is 2.24. The van der Waals surface area contributed by atoms with Gasteiger partial charge in [0, 0.05) is 0 Å². The molecule has 4 rings (SSSR count). The Hall–Kier alpha value is 2.15. The largest absolute Gasteiger partial charge is 0.212 e. The highest BCUT2D eigenvalue weighted by atomic mass is 34.2.